The van der Waals surface area contributed by atoms with E-state index in [1.165, 1.54) is 11.1 Å². The van der Waals surface area contributed by atoms with Gasteiger partial charge in [-0.15, -0.1) is 6.58 Å². The lowest BCUT2D eigenvalue weighted by Gasteiger charge is -2.29. The highest BCUT2D eigenvalue weighted by Crippen LogP contribution is 2.43. The van der Waals surface area contributed by atoms with Crippen LogP contribution in [0.25, 0.3) is 33.5 Å². The van der Waals surface area contributed by atoms with E-state index < -0.39 is 0 Å². The summed E-state index contributed by atoms with van der Waals surface area (Å²) in [7, 11) is 0. The molecule has 0 bridgehead atoms. The van der Waals surface area contributed by atoms with E-state index in [2.05, 4.69) is 142 Å². The topological polar surface area (TPSA) is 51.8 Å². The number of fused-ring (bicyclic) bond motifs is 3. The van der Waals surface area contributed by atoms with Gasteiger partial charge in [-0.05, 0) is 41.9 Å². The van der Waals surface area contributed by atoms with Crippen molar-refractivity contribution in [2.75, 3.05) is 0 Å². The minimum Gasteiger partial charge on any atom is -0.460 e. The van der Waals surface area contributed by atoms with Crippen molar-refractivity contribution in [1.82, 2.24) is 15.0 Å². The Hall–Kier alpha value is -5.87. The van der Waals surface area contributed by atoms with Crippen LogP contribution < -0.4 is 0 Å². The molecule has 0 radical (unpaired) electrons. The lowest BCUT2D eigenvalue weighted by atomic mass is 9.76. The van der Waals surface area contributed by atoms with E-state index in [9.17, 15) is 0 Å². The number of allylic oxidation sites excluding steroid dienone is 8. The van der Waals surface area contributed by atoms with Crippen LogP contribution in [0.3, 0.4) is 0 Å². The molecule has 256 valence electrons. The predicted octanol–water partition coefficient (Wildman–Crippen LogP) is 11.9. The van der Waals surface area contributed by atoms with Crippen molar-refractivity contribution < 1.29 is 4.42 Å². The molecule has 8 rings (SSSR count). The molecule has 3 unspecified atom stereocenters. The van der Waals surface area contributed by atoms with Crippen LogP contribution in [-0.4, -0.2) is 15.0 Å². The molecule has 4 aromatic carbocycles. The standard InChI is InChI=1S/C48H43N3O/c1-4-27-48(3,38-21-12-7-13-22-38)29-16-28-47(2)30-25-36(26-31-47)45-49-44(35-19-10-6-11-20-35)50-46(51-45)40-32-37(34-17-8-5-9-18-34)33-42-43(40)39-23-14-15-24-41(39)52-42/h4-26,29-30,32,37H,1,27-28,31,33H2,2-3H3/b29-16-. The van der Waals surface area contributed by atoms with Gasteiger partial charge in [0, 0.05) is 45.4 Å². The first-order valence-electron chi connectivity index (χ1n) is 18.2. The van der Waals surface area contributed by atoms with Crippen molar-refractivity contribution in [3.63, 3.8) is 0 Å². The first kappa shape index (κ1) is 33.3. The monoisotopic (exact) mass is 677 g/mol. The van der Waals surface area contributed by atoms with Gasteiger partial charge >= 0.3 is 0 Å². The summed E-state index contributed by atoms with van der Waals surface area (Å²) >= 11 is 0. The molecule has 3 atom stereocenters. The molecule has 4 heteroatoms. The summed E-state index contributed by atoms with van der Waals surface area (Å²) in [6.07, 6.45) is 19.3. The molecule has 0 fully saturated rings. The molecule has 0 amide bonds. The summed E-state index contributed by atoms with van der Waals surface area (Å²) < 4.78 is 6.53. The van der Waals surface area contributed by atoms with Crippen LogP contribution in [0, 0.1) is 5.41 Å². The fraction of sp³-hybridized carbons (Fsp3) is 0.188. The van der Waals surface area contributed by atoms with E-state index in [-0.39, 0.29) is 16.7 Å². The number of aromatic nitrogens is 3. The Morgan fingerprint density at radius 2 is 1.50 bits per heavy atom. The second-order valence-corrected chi connectivity index (χ2v) is 14.6. The van der Waals surface area contributed by atoms with Gasteiger partial charge in [-0.2, -0.15) is 0 Å². The van der Waals surface area contributed by atoms with Gasteiger partial charge in [-0.25, -0.2) is 15.0 Å². The highest BCUT2D eigenvalue weighted by molar-refractivity contribution is 5.97. The van der Waals surface area contributed by atoms with Crippen LogP contribution in [0.4, 0.5) is 0 Å². The quantitative estimate of drug-likeness (QED) is 0.135. The average Bonchev–Trinajstić information content (AvgIpc) is 3.57. The molecule has 0 spiro atoms. The zero-order valence-electron chi connectivity index (χ0n) is 29.9. The van der Waals surface area contributed by atoms with Crippen LogP contribution in [0.2, 0.25) is 0 Å². The first-order valence-corrected chi connectivity index (χ1v) is 18.2. The van der Waals surface area contributed by atoms with E-state index >= 15 is 0 Å². The number of hydrogen-bond acceptors (Lipinski definition) is 4. The first-order chi connectivity index (χ1) is 25.4. The summed E-state index contributed by atoms with van der Waals surface area (Å²) in [4.78, 5) is 15.5. The van der Waals surface area contributed by atoms with Gasteiger partial charge in [0.15, 0.2) is 17.5 Å². The van der Waals surface area contributed by atoms with Crippen molar-refractivity contribution in [2.45, 2.75) is 50.9 Å². The Morgan fingerprint density at radius 3 is 2.23 bits per heavy atom. The number of para-hydroxylation sites is 1. The maximum atomic E-state index is 6.53. The molecule has 0 N–H and O–H groups in total. The number of nitrogens with zero attached hydrogens (tertiary/aromatic N) is 3. The molecule has 0 saturated heterocycles. The summed E-state index contributed by atoms with van der Waals surface area (Å²) in [5.41, 5.74) is 7.32. The Kier molecular flexibility index (Phi) is 8.98. The van der Waals surface area contributed by atoms with Crippen LogP contribution in [0.15, 0.2) is 169 Å². The van der Waals surface area contributed by atoms with Gasteiger partial charge < -0.3 is 4.42 Å². The van der Waals surface area contributed by atoms with E-state index in [1.807, 2.05) is 36.4 Å². The lowest BCUT2D eigenvalue weighted by Crippen LogP contribution is -2.19. The Labute approximate surface area is 306 Å². The van der Waals surface area contributed by atoms with Crippen molar-refractivity contribution in [3.05, 3.63) is 198 Å². The van der Waals surface area contributed by atoms with Crippen molar-refractivity contribution in [1.29, 1.82) is 0 Å². The fourth-order valence-electron chi connectivity index (χ4n) is 7.60. The fourth-order valence-corrected chi connectivity index (χ4v) is 7.60. The maximum absolute atomic E-state index is 6.53. The number of hydrogen-bond donors (Lipinski definition) is 0. The Balaban J connectivity index is 1.16. The highest BCUT2D eigenvalue weighted by atomic mass is 16.3. The molecule has 2 aromatic heterocycles. The summed E-state index contributed by atoms with van der Waals surface area (Å²) in [5, 5.41) is 1.08. The summed E-state index contributed by atoms with van der Waals surface area (Å²) in [5.74, 6) is 3.09. The highest BCUT2D eigenvalue weighted by Gasteiger charge is 2.30. The zero-order chi connectivity index (χ0) is 35.5. The number of furan rings is 1. The molecule has 2 aliphatic rings. The van der Waals surface area contributed by atoms with E-state index in [0.717, 1.165) is 64.7 Å². The molecule has 6 aromatic rings. The molecular formula is C48H43N3O. The van der Waals surface area contributed by atoms with Crippen molar-refractivity contribution in [3.8, 4) is 11.4 Å². The molecule has 2 aliphatic carbocycles. The zero-order valence-corrected chi connectivity index (χ0v) is 29.9. The van der Waals surface area contributed by atoms with Gasteiger partial charge in [-0.1, -0.05) is 166 Å². The van der Waals surface area contributed by atoms with Crippen LogP contribution in [0.1, 0.15) is 73.1 Å². The van der Waals surface area contributed by atoms with Crippen molar-refractivity contribution >= 4 is 22.1 Å². The summed E-state index contributed by atoms with van der Waals surface area (Å²) in [6, 6.07) is 39.8. The van der Waals surface area contributed by atoms with Gasteiger partial charge in [0.25, 0.3) is 0 Å². The Morgan fingerprint density at radius 1 is 0.827 bits per heavy atom. The third kappa shape index (κ3) is 6.65. The normalized spacial score (nSPS) is 19.5. The molecule has 2 heterocycles. The second-order valence-electron chi connectivity index (χ2n) is 14.6. The molecule has 52 heavy (non-hydrogen) atoms. The summed E-state index contributed by atoms with van der Waals surface area (Å²) in [6.45, 7) is 8.66. The number of rotatable bonds is 10. The second kappa shape index (κ2) is 14.0. The van der Waals surface area contributed by atoms with Gasteiger partial charge in [0.2, 0.25) is 0 Å². The van der Waals surface area contributed by atoms with Crippen LogP contribution in [0.5, 0.6) is 0 Å². The third-order valence-electron chi connectivity index (χ3n) is 10.6. The van der Waals surface area contributed by atoms with E-state index in [4.69, 9.17) is 19.4 Å². The largest absolute Gasteiger partial charge is 0.460 e. The van der Waals surface area contributed by atoms with Gasteiger partial charge in [0.05, 0.1) is 0 Å². The van der Waals surface area contributed by atoms with Gasteiger partial charge in [0.1, 0.15) is 11.3 Å². The molecule has 0 aliphatic heterocycles. The smallest absolute Gasteiger partial charge is 0.164 e. The number of benzene rings is 4. The van der Waals surface area contributed by atoms with Crippen LogP contribution in [-0.2, 0) is 11.8 Å². The minimum atomic E-state index is -0.0959. The molecule has 0 saturated carbocycles. The van der Waals surface area contributed by atoms with E-state index in [1.54, 1.807) is 0 Å². The third-order valence-corrected chi connectivity index (χ3v) is 10.6. The minimum absolute atomic E-state index is 0.0245. The predicted molar refractivity (Wildman–Crippen MR) is 214 cm³/mol. The van der Waals surface area contributed by atoms with Crippen molar-refractivity contribution in [2.24, 2.45) is 5.41 Å². The van der Waals surface area contributed by atoms with Gasteiger partial charge in [-0.3, -0.25) is 0 Å². The Bertz CT molecular complexity index is 2350. The average molecular weight is 678 g/mol. The molecular weight excluding hydrogens is 635 g/mol. The van der Waals surface area contributed by atoms with Crippen LogP contribution >= 0.6 is 0 Å². The molecule has 4 nitrogen and oxygen atoms in total. The lowest BCUT2D eigenvalue weighted by molar-refractivity contribution is 0.435. The maximum Gasteiger partial charge on any atom is 0.164 e. The van der Waals surface area contributed by atoms with E-state index in [0.29, 0.717) is 17.5 Å². The SMILES string of the molecule is C=CCC(C)(/C=C\CC1(C)C=CC(c2nc(C3=CC(c4ccccc4)Cc4oc5ccccc5c43)nc(-c3ccccc3)n2)=CC1)c1ccccc1.